The number of alkyl halides is 1. The van der Waals surface area contributed by atoms with Gasteiger partial charge in [0.25, 0.3) is 0 Å². The minimum atomic E-state index is -0.0632. The Morgan fingerprint density at radius 1 is 1.50 bits per heavy atom. The highest BCUT2D eigenvalue weighted by atomic mass is 35.5. The summed E-state index contributed by atoms with van der Waals surface area (Å²) in [5.41, 5.74) is 1.11. The van der Waals surface area contributed by atoms with Crippen LogP contribution >= 0.6 is 11.6 Å². The maximum atomic E-state index is 11.7. The topological polar surface area (TPSA) is 38.1 Å². The molecule has 1 aromatic heterocycles. The molecule has 16 heavy (non-hydrogen) atoms. The molecule has 0 aromatic carbocycles. The summed E-state index contributed by atoms with van der Waals surface area (Å²) in [5, 5.41) is 4.39. The van der Waals surface area contributed by atoms with Crippen LogP contribution in [0.4, 0.5) is 5.82 Å². The third-order valence-corrected chi connectivity index (χ3v) is 3.52. The van der Waals surface area contributed by atoms with Crippen LogP contribution in [-0.4, -0.2) is 27.6 Å². The van der Waals surface area contributed by atoms with Gasteiger partial charge in [0.1, 0.15) is 5.82 Å². The van der Waals surface area contributed by atoms with Gasteiger partial charge in [0.2, 0.25) is 5.91 Å². The smallest absolute Gasteiger partial charge is 0.229 e. The SMILES string of the molecule is Cn1nc(C2CC2)cc1N1CC(Cl)CC1=O. The maximum absolute atomic E-state index is 11.7. The first-order valence-corrected chi connectivity index (χ1v) is 6.07. The third-order valence-electron chi connectivity index (χ3n) is 3.22. The van der Waals surface area contributed by atoms with E-state index in [1.54, 1.807) is 9.58 Å². The molecule has 1 saturated heterocycles. The van der Waals surface area contributed by atoms with Crippen LogP contribution in [0, 0.1) is 0 Å². The van der Waals surface area contributed by atoms with Crippen LogP contribution in [0.25, 0.3) is 0 Å². The van der Waals surface area contributed by atoms with Crippen LogP contribution in [0.15, 0.2) is 6.07 Å². The number of amides is 1. The number of hydrogen-bond acceptors (Lipinski definition) is 2. The van der Waals surface area contributed by atoms with E-state index in [9.17, 15) is 4.79 Å². The van der Waals surface area contributed by atoms with Gasteiger partial charge in [-0.15, -0.1) is 11.6 Å². The van der Waals surface area contributed by atoms with Gasteiger partial charge in [0.05, 0.1) is 11.1 Å². The second-order valence-electron chi connectivity index (χ2n) is 4.63. The van der Waals surface area contributed by atoms with Gasteiger partial charge in [-0.3, -0.25) is 14.4 Å². The minimum absolute atomic E-state index is 0.0632. The van der Waals surface area contributed by atoms with Crippen molar-refractivity contribution in [2.45, 2.75) is 30.6 Å². The zero-order chi connectivity index (χ0) is 11.3. The number of rotatable bonds is 2. The van der Waals surface area contributed by atoms with Gasteiger partial charge in [-0.05, 0) is 12.8 Å². The van der Waals surface area contributed by atoms with Gasteiger partial charge < -0.3 is 0 Å². The van der Waals surface area contributed by atoms with Crippen molar-refractivity contribution in [3.63, 3.8) is 0 Å². The van der Waals surface area contributed by atoms with E-state index in [4.69, 9.17) is 11.6 Å². The van der Waals surface area contributed by atoms with E-state index in [2.05, 4.69) is 5.10 Å². The number of halogens is 1. The molecule has 2 aliphatic rings. The quantitative estimate of drug-likeness (QED) is 0.736. The molecule has 0 bridgehead atoms. The first kappa shape index (κ1) is 10.1. The van der Waals surface area contributed by atoms with Crippen LogP contribution in [-0.2, 0) is 11.8 Å². The first-order valence-electron chi connectivity index (χ1n) is 5.63. The number of aromatic nitrogens is 2. The Labute approximate surface area is 99.2 Å². The average molecular weight is 240 g/mol. The van der Waals surface area contributed by atoms with Crippen molar-refractivity contribution in [3.8, 4) is 0 Å². The average Bonchev–Trinajstić information content (AvgIpc) is 2.92. The Hall–Kier alpha value is -1.03. The zero-order valence-electron chi connectivity index (χ0n) is 9.19. The van der Waals surface area contributed by atoms with Gasteiger partial charge in [0, 0.05) is 32.0 Å². The number of aryl methyl sites for hydroxylation is 1. The monoisotopic (exact) mass is 239 g/mol. The fraction of sp³-hybridized carbons (Fsp3) is 0.636. The predicted molar refractivity (Wildman–Crippen MR) is 61.8 cm³/mol. The number of carbonyl (C=O) groups is 1. The Morgan fingerprint density at radius 3 is 2.81 bits per heavy atom. The Morgan fingerprint density at radius 2 is 2.25 bits per heavy atom. The highest BCUT2D eigenvalue weighted by Gasteiger charge is 2.33. The van der Waals surface area contributed by atoms with E-state index in [1.807, 2.05) is 13.1 Å². The first-order chi connectivity index (χ1) is 7.65. The summed E-state index contributed by atoms with van der Waals surface area (Å²) < 4.78 is 1.79. The molecular formula is C11H14ClN3O. The van der Waals surface area contributed by atoms with Crippen LogP contribution in [0.1, 0.15) is 30.9 Å². The number of hydrogen-bond donors (Lipinski definition) is 0. The lowest BCUT2D eigenvalue weighted by atomic mass is 10.3. The molecule has 1 aromatic rings. The molecule has 1 saturated carbocycles. The van der Waals surface area contributed by atoms with E-state index in [0.717, 1.165) is 11.5 Å². The summed E-state index contributed by atoms with van der Waals surface area (Å²) >= 11 is 5.99. The van der Waals surface area contributed by atoms with Crippen molar-refractivity contribution in [1.82, 2.24) is 9.78 Å². The largest absolute Gasteiger partial charge is 0.295 e. The molecule has 2 fully saturated rings. The zero-order valence-corrected chi connectivity index (χ0v) is 9.94. The lowest BCUT2D eigenvalue weighted by Gasteiger charge is -2.14. The molecule has 4 nitrogen and oxygen atoms in total. The summed E-state index contributed by atoms with van der Waals surface area (Å²) in [5.74, 6) is 1.60. The van der Waals surface area contributed by atoms with Gasteiger partial charge in [-0.2, -0.15) is 5.10 Å². The lowest BCUT2D eigenvalue weighted by Crippen LogP contribution is -2.26. The molecule has 3 rings (SSSR count). The van der Waals surface area contributed by atoms with E-state index < -0.39 is 0 Å². The van der Waals surface area contributed by atoms with Gasteiger partial charge in [-0.1, -0.05) is 0 Å². The van der Waals surface area contributed by atoms with Crippen molar-refractivity contribution >= 4 is 23.3 Å². The molecule has 0 radical (unpaired) electrons. The standard InChI is InChI=1S/C11H14ClN3O/c1-14-10(5-9(13-14)7-2-3-7)15-6-8(12)4-11(15)16/h5,7-8H,2-4,6H2,1H3. The van der Waals surface area contributed by atoms with E-state index >= 15 is 0 Å². The summed E-state index contributed by atoms with van der Waals surface area (Å²) in [6, 6.07) is 2.03. The number of nitrogens with zero attached hydrogens (tertiary/aromatic N) is 3. The Bertz CT molecular complexity index is 438. The third kappa shape index (κ3) is 1.61. The maximum Gasteiger partial charge on any atom is 0.229 e. The van der Waals surface area contributed by atoms with Crippen LogP contribution < -0.4 is 4.90 Å². The normalized spacial score (nSPS) is 25.5. The Kier molecular flexibility index (Phi) is 2.21. The molecule has 1 atom stereocenters. The summed E-state index contributed by atoms with van der Waals surface area (Å²) in [6.45, 7) is 0.601. The number of carbonyl (C=O) groups excluding carboxylic acids is 1. The van der Waals surface area contributed by atoms with Crippen molar-refractivity contribution in [2.75, 3.05) is 11.4 Å². The molecule has 1 aliphatic carbocycles. The van der Waals surface area contributed by atoms with Crippen molar-refractivity contribution in [3.05, 3.63) is 11.8 Å². The van der Waals surface area contributed by atoms with E-state index in [-0.39, 0.29) is 11.3 Å². The Balaban J connectivity index is 1.90. The van der Waals surface area contributed by atoms with E-state index in [1.165, 1.54) is 12.8 Å². The molecule has 1 aliphatic heterocycles. The molecule has 5 heteroatoms. The van der Waals surface area contributed by atoms with Crippen LogP contribution in [0.5, 0.6) is 0 Å². The molecular weight excluding hydrogens is 226 g/mol. The summed E-state index contributed by atoms with van der Waals surface area (Å²) in [7, 11) is 1.88. The molecule has 0 spiro atoms. The predicted octanol–water partition coefficient (Wildman–Crippen LogP) is 1.64. The van der Waals surface area contributed by atoms with Crippen molar-refractivity contribution in [1.29, 1.82) is 0 Å². The second kappa shape index (κ2) is 3.48. The van der Waals surface area contributed by atoms with E-state index in [0.29, 0.717) is 18.9 Å². The van der Waals surface area contributed by atoms with Gasteiger partial charge in [0.15, 0.2) is 0 Å². The molecule has 2 heterocycles. The fourth-order valence-corrected chi connectivity index (χ4v) is 2.47. The second-order valence-corrected chi connectivity index (χ2v) is 5.25. The summed E-state index contributed by atoms with van der Waals surface area (Å²) in [6.07, 6.45) is 2.89. The molecule has 1 amide bonds. The molecule has 0 N–H and O–H groups in total. The summed E-state index contributed by atoms with van der Waals surface area (Å²) in [4.78, 5) is 13.5. The fourth-order valence-electron chi connectivity index (χ4n) is 2.20. The lowest BCUT2D eigenvalue weighted by molar-refractivity contribution is -0.117. The van der Waals surface area contributed by atoms with Crippen molar-refractivity contribution < 1.29 is 4.79 Å². The molecule has 1 unspecified atom stereocenters. The highest BCUT2D eigenvalue weighted by molar-refractivity contribution is 6.24. The minimum Gasteiger partial charge on any atom is -0.295 e. The van der Waals surface area contributed by atoms with Crippen LogP contribution in [0.2, 0.25) is 0 Å². The van der Waals surface area contributed by atoms with Gasteiger partial charge in [-0.25, -0.2) is 0 Å². The van der Waals surface area contributed by atoms with Crippen molar-refractivity contribution in [2.24, 2.45) is 7.05 Å². The van der Waals surface area contributed by atoms with Crippen LogP contribution in [0.3, 0.4) is 0 Å². The number of anilines is 1. The molecule has 86 valence electrons. The highest BCUT2D eigenvalue weighted by Crippen LogP contribution is 2.40. The van der Waals surface area contributed by atoms with Gasteiger partial charge >= 0.3 is 0 Å².